The van der Waals surface area contributed by atoms with Gasteiger partial charge in [-0.25, -0.2) is 0 Å². The van der Waals surface area contributed by atoms with Crippen LogP contribution in [0, 0.1) is 18.3 Å². The summed E-state index contributed by atoms with van der Waals surface area (Å²) in [5.74, 6) is 0. The van der Waals surface area contributed by atoms with E-state index in [2.05, 4.69) is 42.2 Å². The van der Waals surface area contributed by atoms with E-state index >= 15 is 0 Å². The lowest BCUT2D eigenvalue weighted by atomic mass is 10.1. The standard InChI is InChI=1S/C14H14N2/c1-3-11-4-6-12(7-5-11)14-8-13(9-15)10(2)16-14/h4-8,16H,3H2,1-2H3. The van der Waals surface area contributed by atoms with E-state index < -0.39 is 0 Å². The first-order chi connectivity index (χ1) is 7.74. The Bertz CT molecular complexity index is 527. The molecule has 2 rings (SSSR count). The number of rotatable bonds is 2. The maximum absolute atomic E-state index is 8.89. The first-order valence-corrected chi connectivity index (χ1v) is 5.43. The molecule has 1 heterocycles. The number of nitriles is 1. The van der Waals surface area contributed by atoms with Gasteiger partial charge < -0.3 is 4.98 Å². The summed E-state index contributed by atoms with van der Waals surface area (Å²) in [7, 11) is 0. The van der Waals surface area contributed by atoms with Crippen molar-refractivity contribution in [2.24, 2.45) is 0 Å². The molecule has 80 valence electrons. The lowest BCUT2D eigenvalue weighted by Gasteiger charge is -2.00. The molecule has 2 nitrogen and oxygen atoms in total. The lowest BCUT2D eigenvalue weighted by molar-refractivity contribution is 1.14. The summed E-state index contributed by atoms with van der Waals surface area (Å²) in [5.41, 5.74) is 5.11. The lowest BCUT2D eigenvalue weighted by Crippen LogP contribution is -1.81. The molecule has 0 aliphatic heterocycles. The molecule has 0 aliphatic carbocycles. The van der Waals surface area contributed by atoms with Crippen molar-refractivity contribution in [3.63, 3.8) is 0 Å². The highest BCUT2D eigenvalue weighted by Crippen LogP contribution is 2.21. The van der Waals surface area contributed by atoms with Crippen LogP contribution in [0.15, 0.2) is 30.3 Å². The molecule has 0 unspecified atom stereocenters. The quantitative estimate of drug-likeness (QED) is 0.810. The number of nitrogens with one attached hydrogen (secondary N) is 1. The van der Waals surface area contributed by atoms with Crippen molar-refractivity contribution < 1.29 is 0 Å². The molecule has 0 fully saturated rings. The van der Waals surface area contributed by atoms with Gasteiger partial charge in [-0.15, -0.1) is 0 Å². The molecule has 0 spiro atoms. The number of hydrogen-bond acceptors (Lipinski definition) is 1. The highest BCUT2D eigenvalue weighted by molar-refractivity contribution is 5.63. The number of H-pyrrole nitrogens is 1. The second kappa shape index (κ2) is 4.24. The summed E-state index contributed by atoms with van der Waals surface area (Å²) in [6.45, 7) is 4.06. The monoisotopic (exact) mass is 210 g/mol. The average Bonchev–Trinajstić information content (AvgIpc) is 2.71. The second-order valence-electron chi connectivity index (χ2n) is 3.88. The highest BCUT2D eigenvalue weighted by atomic mass is 14.7. The fraction of sp³-hybridized carbons (Fsp3) is 0.214. The molecule has 0 aliphatic rings. The topological polar surface area (TPSA) is 39.6 Å². The van der Waals surface area contributed by atoms with Crippen molar-refractivity contribution in [2.75, 3.05) is 0 Å². The van der Waals surface area contributed by atoms with Crippen molar-refractivity contribution in [2.45, 2.75) is 20.3 Å². The van der Waals surface area contributed by atoms with Gasteiger partial charge in [0.25, 0.3) is 0 Å². The minimum absolute atomic E-state index is 0.717. The van der Waals surface area contributed by atoms with Crippen LogP contribution in [0.3, 0.4) is 0 Å². The molecule has 0 atom stereocenters. The van der Waals surface area contributed by atoms with E-state index in [0.717, 1.165) is 28.9 Å². The smallest absolute Gasteiger partial charge is 0.101 e. The van der Waals surface area contributed by atoms with Crippen molar-refractivity contribution in [1.29, 1.82) is 5.26 Å². The minimum Gasteiger partial charge on any atom is -0.358 e. The Morgan fingerprint density at radius 3 is 2.44 bits per heavy atom. The van der Waals surface area contributed by atoms with E-state index in [9.17, 15) is 0 Å². The van der Waals surface area contributed by atoms with Crippen LogP contribution in [0.2, 0.25) is 0 Å². The maximum atomic E-state index is 8.89. The molecular weight excluding hydrogens is 196 g/mol. The van der Waals surface area contributed by atoms with Crippen LogP contribution in [0.4, 0.5) is 0 Å². The zero-order valence-corrected chi connectivity index (χ0v) is 9.54. The van der Waals surface area contributed by atoms with Crippen molar-refractivity contribution >= 4 is 0 Å². The Morgan fingerprint density at radius 1 is 1.25 bits per heavy atom. The van der Waals surface area contributed by atoms with Gasteiger partial charge in [-0.1, -0.05) is 31.2 Å². The minimum atomic E-state index is 0.717. The Hall–Kier alpha value is -2.01. The van der Waals surface area contributed by atoms with Crippen LogP contribution in [0.5, 0.6) is 0 Å². The molecule has 1 aromatic heterocycles. The summed E-state index contributed by atoms with van der Waals surface area (Å²) < 4.78 is 0. The van der Waals surface area contributed by atoms with E-state index in [0.29, 0.717) is 0 Å². The van der Waals surface area contributed by atoms with Crippen LogP contribution in [0.1, 0.15) is 23.7 Å². The van der Waals surface area contributed by atoms with Crippen LogP contribution < -0.4 is 0 Å². The number of nitrogens with zero attached hydrogens (tertiary/aromatic N) is 1. The zero-order chi connectivity index (χ0) is 11.5. The third-order valence-electron chi connectivity index (χ3n) is 2.81. The van der Waals surface area contributed by atoms with Gasteiger partial charge in [0, 0.05) is 11.4 Å². The zero-order valence-electron chi connectivity index (χ0n) is 9.54. The average molecular weight is 210 g/mol. The van der Waals surface area contributed by atoms with Gasteiger partial charge in [0.05, 0.1) is 5.56 Å². The van der Waals surface area contributed by atoms with Gasteiger partial charge in [0.15, 0.2) is 0 Å². The van der Waals surface area contributed by atoms with E-state index in [1.54, 1.807) is 0 Å². The largest absolute Gasteiger partial charge is 0.358 e. The molecule has 0 radical (unpaired) electrons. The van der Waals surface area contributed by atoms with Crippen molar-refractivity contribution in [3.05, 3.63) is 47.2 Å². The van der Waals surface area contributed by atoms with E-state index in [-0.39, 0.29) is 0 Å². The fourth-order valence-electron chi connectivity index (χ4n) is 1.75. The molecule has 2 aromatic rings. The Labute approximate surface area is 95.6 Å². The SMILES string of the molecule is CCc1ccc(-c2cc(C#N)c(C)[nH]2)cc1. The van der Waals surface area contributed by atoms with E-state index in [1.807, 2.05) is 13.0 Å². The van der Waals surface area contributed by atoms with Crippen LogP contribution in [-0.4, -0.2) is 4.98 Å². The van der Waals surface area contributed by atoms with Crippen LogP contribution in [-0.2, 0) is 6.42 Å². The summed E-state index contributed by atoms with van der Waals surface area (Å²) in [4.78, 5) is 3.23. The number of aromatic nitrogens is 1. The third kappa shape index (κ3) is 1.85. The maximum Gasteiger partial charge on any atom is 0.101 e. The van der Waals surface area contributed by atoms with Gasteiger partial charge in [-0.2, -0.15) is 5.26 Å². The van der Waals surface area contributed by atoms with Gasteiger partial charge in [0.1, 0.15) is 6.07 Å². The molecule has 0 amide bonds. The fourth-order valence-corrected chi connectivity index (χ4v) is 1.75. The van der Waals surface area contributed by atoms with E-state index in [4.69, 9.17) is 5.26 Å². The summed E-state index contributed by atoms with van der Waals surface area (Å²) in [6, 6.07) is 12.5. The predicted molar refractivity (Wildman–Crippen MR) is 65.1 cm³/mol. The first-order valence-electron chi connectivity index (χ1n) is 5.43. The molecule has 0 saturated carbocycles. The normalized spacial score (nSPS) is 10.1. The number of benzene rings is 1. The molecular formula is C14H14N2. The van der Waals surface area contributed by atoms with Crippen molar-refractivity contribution in [3.8, 4) is 17.3 Å². The molecule has 16 heavy (non-hydrogen) atoms. The summed E-state index contributed by atoms with van der Waals surface area (Å²) in [5, 5.41) is 8.89. The Balaban J connectivity index is 2.39. The molecule has 1 N–H and O–H groups in total. The number of aryl methyl sites for hydroxylation is 2. The Morgan fingerprint density at radius 2 is 1.94 bits per heavy atom. The van der Waals surface area contributed by atoms with Gasteiger partial charge in [-0.3, -0.25) is 0 Å². The van der Waals surface area contributed by atoms with Gasteiger partial charge in [0.2, 0.25) is 0 Å². The second-order valence-corrected chi connectivity index (χ2v) is 3.88. The van der Waals surface area contributed by atoms with Crippen LogP contribution >= 0.6 is 0 Å². The first kappa shape index (κ1) is 10.5. The molecule has 0 bridgehead atoms. The van der Waals surface area contributed by atoms with Crippen LogP contribution in [0.25, 0.3) is 11.3 Å². The molecule has 1 aromatic carbocycles. The summed E-state index contributed by atoms with van der Waals surface area (Å²) in [6.07, 6.45) is 1.05. The number of hydrogen-bond donors (Lipinski definition) is 1. The van der Waals surface area contributed by atoms with Gasteiger partial charge in [-0.05, 0) is 30.5 Å². The summed E-state index contributed by atoms with van der Waals surface area (Å²) >= 11 is 0. The third-order valence-corrected chi connectivity index (χ3v) is 2.81. The molecule has 0 saturated heterocycles. The van der Waals surface area contributed by atoms with Gasteiger partial charge >= 0.3 is 0 Å². The van der Waals surface area contributed by atoms with Crippen molar-refractivity contribution in [1.82, 2.24) is 4.98 Å². The molecule has 2 heteroatoms. The Kier molecular flexibility index (Phi) is 2.78. The number of aromatic amines is 1. The highest BCUT2D eigenvalue weighted by Gasteiger charge is 2.05. The predicted octanol–water partition coefficient (Wildman–Crippen LogP) is 3.42. The van der Waals surface area contributed by atoms with E-state index in [1.165, 1.54) is 5.56 Å².